The number of nitrogen functional groups attached to an aromatic ring is 1. The molecule has 1 saturated carbocycles. The van der Waals surface area contributed by atoms with E-state index >= 15 is 0 Å². The highest BCUT2D eigenvalue weighted by molar-refractivity contribution is 5.49. The van der Waals surface area contributed by atoms with E-state index in [1.54, 1.807) is 0 Å². The van der Waals surface area contributed by atoms with E-state index in [1.165, 1.54) is 19.3 Å². The fourth-order valence-corrected chi connectivity index (χ4v) is 2.93. The fourth-order valence-electron chi connectivity index (χ4n) is 2.93. The van der Waals surface area contributed by atoms with Gasteiger partial charge in [0.1, 0.15) is 17.5 Å². The average molecular weight is 204 g/mol. The summed E-state index contributed by atoms with van der Waals surface area (Å²) in [5.41, 5.74) is 5.75. The summed E-state index contributed by atoms with van der Waals surface area (Å²) >= 11 is 0. The molecule has 2 fully saturated rings. The number of aryl methyl sites for hydroxylation is 1. The van der Waals surface area contributed by atoms with Gasteiger partial charge < -0.3 is 10.6 Å². The molecular weight excluding hydrogens is 188 g/mol. The largest absolute Gasteiger partial charge is 0.384 e. The monoisotopic (exact) mass is 204 g/mol. The highest BCUT2D eigenvalue weighted by Gasteiger charge is 2.38. The Kier molecular flexibility index (Phi) is 1.84. The lowest BCUT2D eigenvalue weighted by atomic mass is 10.1. The molecule has 1 saturated heterocycles. The predicted octanol–water partition coefficient (Wildman–Crippen LogP) is 1.36. The Morgan fingerprint density at radius 3 is 2.87 bits per heavy atom. The third kappa shape index (κ3) is 1.44. The Morgan fingerprint density at radius 2 is 2.27 bits per heavy atom. The summed E-state index contributed by atoms with van der Waals surface area (Å²) in [6.45, 7) is 3.05. The number of aromatic nitrogens is 2. The molecule has 2 bridgehead atoms. The summed E-state index contributed by atoms with van der Waals surface area (Å²) in [4.78, 5) is 11.0. The molecule has 0 amide bonds. The molecule has 15 heavy (non-hydrogen) atoms. The second kappa shape index (κ2) is 3.08. The molecule has 4 nitrogen and oxygen atoms in total. The number of nitrogens with two attached hydrogens (primary N) is 1. The van der Waals surface area contributed by atoms with E-state index in [4.69, 9.17) is 5.73 Å². The van der Waals surface area contributed by atoms with Crippen LogP contribution in [0.4, 0.5) is 11.6 Å². The topological polar surface area (TPSA) is 55.0 Å². The normalized spacial score (nSPS) is 28.7. The van der Waals surface area contributed by atoms with Crippen molar-refractivity contribution in [1.82, 2.24) is 9.97 Å². The van der Waals surface area contributed by atoms with Crippen molar-refractivity contribution in [2.24, 2.45) is 5.92 Å². The van der Waals surface area contributed by atoms with Crippen molar-refractivity contribution in [3.05, 3.63) is 11.9 Å². The minimum Gasteiger partial charge on any atom is -0.384 e. The third-order valence-corrected chi connectivity index (χ3v) is 3.55. The lowest BCUT2D eigenvalue weighted by Gasteiger charge is -2.28. The third-order valence-electron chi connectivity index (χ3n) is 3.55. The van der Waals surface area contributed by atoms with Crippen LogP contribution in [0.1, 0.15) is 25.1 Å². The van der Waals surface area contributed by atoms with Gasteiger partial charge in [0.2, 0.25) is 0 Å². The maximum Gasteiger partial charge on any atom is 0.134 e. The van der Waals surface area contributed by atoms with E-state index in [1.807, 2.05) is 13.0 Å². The van der Waals surface area contributed by atoms with Crippen molar-refractivity contribution in [2.45, 2.75) is 32.2 Å². The molecule has 1 aromatic rings. The first-order valence-corrected chi connectivity index (χ1v) is 5.60. The van der Waals surface area contributed by atoms with Gasteiger partial charge in [-0.2, -0.15) is 0 Å². The second-order valence-corrected chi connectivity index (χ2v) is 4.68. The first kappa shape index (κ1) is 8.95. The van der Waals surface area contributed by atoms with Gasteiger partial charge in [-0.15, -0.1) is 0 Å². The number of hydrogen-bond donors (Lipinski definition) is 1. The molecule has 2 heterocycles. The van der Waals surface area contributed by atoms with Gasteiger partial charge in [-0.3, -0.25) is 0 Å². The van der Waals surface area contributed by atoms with Crippen LogP contribution in [0.5, 0.6) is 0 Å². The molecule has 2 aliphatic rings. The zero-order chi connectivity index (χ0) is 10.4. The van der Waals surface area contributed by atoms with Crippen molar-refractivity contribution in [2.75, 3.05) is 17.2 Å². The van der Waals surface area contributed by atoms with Gasteiger partial charge in [-0.05, 0) is 32.1 Å². The standard InChI is InChI=1S/C11H16N4/c1-7-13-10(12)5-11(14-7)15-6-8-2-3-9(15)4-8/h5,8-9H,2-4,6H2,1H3,(H2,12,13,14). The number of anilines is 2. The van der Waals surface area contributed by atoms with Crippen molar-refractivity contribution in [3.8, 4) is 0 Å². The minimum absolute atomic E-state index is 0.584. The van der Waals surface area contributed by atoms with E-state index in [2.05, 4.69) is 14.9 Å². The number of nitrogens with zero attached hydrogens (tertiary/aromatic N) is 3. The Bertz CT molecular complexity index is 370. The SMILES string of the molecule is Cc1nc(N)cc(N2CC3CCC2C3)n1. The highest BCUT2D eigenvalue weighted by Crippen LogP contribution is 2.39. The fraction of sp³-hybridized carbons (Fsp3) is 0.636. The zero-order valence-electron chi connectivity index (χ0n) is 8.98. The molecule has 1 aliphatic carbocycles. The summed E-state index contributed by atoms with van der Waals surface area (Å²) in [7, 11) is 0. The van der Waals surface area contributed by atoms with E-state index < -0.39 is 0 Å². The maximum atomic E-state index is 5.75. The van der Waals surface area contributed by atoms with Gasteiger partial charge in [0.15, 0.2) is 0 Å². The van der Waals surface area contributed by atoms with Crippen molar-refractivity contribution in [3.63, 3.8) is 0 Å². The molecule has 2 N–H and O–H groups in total. The van der Waals surface area contributed by atoms with Crippen LogP contribution >= 0.6 is 0 Å². The maximum absolute atomic E-state index is 5.75. The van der Waals surface area contributed by atoms with Crippen LogP contribution in [-0.4, -0.2) is 22.6 Å². The van der Waals surface area contributed by atoms with Crippen LogP contribution in [0.25, 0.3) is 0 Å². The van der Waals surface area contributed by atoms with Gasteiger partial charge in [0.25, 0.3) is 0 Å². The molecule has 0 spiro atoms. The molecule has 0 aromatic carbocycles. The van der Waals surface area contributed by atoms with E-state index in [0.717, 1.165) is 24.1 Å². The van der Waals surface area contributed by atoms with E-state index in [9.17, 15) is 0 Å². The van der Waals surface area contributed by atoms with Crippen LogP contribution < -0.4 is 10.6 Å². The molecule has 1 aliphatic heterocycles. The number of piperidine rings is 1. The lowest BCUT2D eigenvalue weighted by Crippen LogP contribution is -2.32. The quantitative estimate of drug-likeness (QED) is 0.750. The average Bonchev–Trinajstić information content (AvgIpc) is 2.76. The zero-order valence-corrected chi connectivity index (χ0v) is 8.98. The number of rotatable bonds is 1. The smallest absolute Gasteiger partial charge is 0.134 e. The van der Waals surface area contributed by atoms with Gasteiger partial charge in [-0.25, -0.2) is 9.97 Å². The Labute approximate surface area is 89.5 Å². The first-order valence-electron chi connectivity index (χ1n) is 5.60. The summed E-state index contributed by atoms with van der Waals surface area (Å²) < 4.78 is 0. The second-order valence-electron chi connectivity index (χ2n) is 4.68. The van der Waals surface area contributed by atoms with Gasteiger partial charge in [-0.1, -0.05) is 0 Å². The van der Waals surface area contributed by atoms with Crippen LogP contribution in [0.2, 0.25) is 0 Å². The Balaban J connectivity index is 1.93. The lowest BCUT2D eigenvalue weighted by molar-refractivity contribution is 0.550. The minimum atomic E-state index is 0.584. The molecule has 4 heteroatoms. The van der Waals surface area contributed by atoms with E-state index in [-0.39, 0.29) is 0 Å². The van der Waals surface area contributed by atoms with Crippen molar-refractivity contribution >= 4 is 11.6 Å². The van der Waals surface area contributed by atoms with Crippen LogP contribution in [0, 0.1) is 12.8 Å². The summed E-state index contributed by atoms with van der Waals surface area (Å²) in [6, 6.07) is 2.59. The summed E-state index contributed by atoms with van der Waals surface area (Å²) in [5, 5.41) is 0. The van der Waals surface area contributed by atoms with Gasteiger partial charge in [0, 0.05) is 18.7 Å². The summed E-state index contributed by atoms with van der Waals surface area (Å²) in [6.07, 6.45) is 4.04. The molecule has 1 aromatic heterocycles. The van der Waals surface area contributed by atoms with Crippen molar-refractivity contribution in [1.29, 1.82) is 0 Å². The van der Waals surface area contributed by atoms with Crippen LogP contribution in [0.15, 0.2) is 6.07 Å². The highest BCUT2D eigenvalue weighted by atomic mass is 15.3. The molecule has 80 valence electrons. The molecule has 2 unspecified atom stereocenters. The Hall–Kier alpha value is -1.32. The first-order chi connectivity index (χ1) is 7.22. The van der Waals surface area contributed by atoms with E-state index in [0.29, 0.717) is 11.9 Å². The molecule has 2 atom stereocenters. The van der Waals surface area contributed by atoms with Crippen LogP contribution in [0.3, 0.4) is 0 Å². The van der Waals surface area contributed by atoms with Gasteiger partial charge in [0.05, 0.1) is 0 Å². The Morgan fingerprint density at radius 1 is 1.40 bits per heavy atom. The number of fused-ring (bicyclic) bond motifs is 2. The molecule has 3 rings (SSSR count). The van der Waals surface area contributed by atoms with Crippen molar-refractivity contribution < 1.29 is 0 Å². The summed E-state index contributed by atoms with van der Waals surface area (Å²) in [5.74, 6) is 3.26. The predicted molar refractivity (Wildman–Crippen MR) is 59.7 cm³/mol. The molecule has 0 radical (unpaired) electrons. The molecular formula is C11H16N4. The van der Waals surface area contributed by atoms with Crippen LogP contribution in [-0.2, 0) is 0 Å². The van der Waals surface area contributed by atoms with Gasteiger partial charge >= 0.3 is 0 Å². The number of hydrogen-bond acceptors (Lipinski definition) is 4.